The number of carbonyl (C=O) groups excluding carboxylic acids is 2. The SMILES string of the molecule is O=C(NC1CCCCCC1)C(O)C1CCCN1C(=O)c1ccc2ccccc2c1. The number of amides is 2. The molecule has 1 saturated carbocycles. The average molecular weight is 395 g/mol. The summed E-state index contributed by atoms with van der Waals surface area (Å²) in [7, 11) is 0. The fraction of sp³-hybridized carbons (Fsp3) is 0.500. The zero-order valence-corrected chi connectivity index (χ0v) is 16.8. The summed E-state index contributed by atoms with van der Waals surface area (Å²) in [6, 6.07) is 13.3. The molecule has 2 aromatic rings. The highest BCUT2D eigenvalue weighted by Gasteiger charge is 2.38. The van der Waals surface area contributed by atoms with E-state index in [4.69, 9.17) is 0 Å². The van der Waals surface area contributed by atoms with Crippen LogP contribution in [-0.2, 0) is 4.79 Å². The lowest BCUT2D eigenvalue weighted by Crippen LogP contribution is -2.51. The summed E-state index contributed by atoms with van der Waals surface area (Å²) in [6.45, 7) is 0.574. The van der Waals surface area contributed by atoms with E-state index in [1.165, 1.54) is 12.8 Å². The first-order valence-corrected chi connectivity index (χ1v) is 10.9. The zero-order valence-electron chi connectivity index (χ0n) is 16.8. The van der Waals surface area contributed by atoms with Crippen molar-refractivity contribution >= 4 is 22.6 Å². The Bertz CT molecular complexity index is 873. The highest BCUT2D eigenvalue weighted by atomic mass is 16.3. The van der Waals surface area contributed by atoms with Gasteiger partial charge in [0.1, 0.15) is 0 Å². The maximum Gasteiger partial charge on any atom is 0.254 e. The number of benzene rings is 2. The van der Waals surface area contributed by atoms with Gasteiger partial charge in [0.2, 0.25) is 0 Å². The van der Waals surface area contributed by atoms with E-state index in [0.717, 1.165) is 42.9 Å². The molecule has 4 rings (SSSR count). The number of rotatable bonds is 4. The van der Waals surface area contributed by atoms with Gasteiger partial charge in [0, 0.05) is 18.2 Å². The van der Waals surface area contributed by atoms with Gasteiger partial charge >= 0.3 is 0 Å². The van der Waals surface area contributed by atoms with Gasteiger partial charge in [-0.2, -0.15) is 0 Å². The molecular formula is C24H30N2O3. The third-order valence-corrected chi connectivity index (χ3v) is 6.39. The van der Waals surface area contributed by atoms with E-state index >= 15 is 0 Å². The van der Waals surface area contributed by atoms with Gasteiger partial charge in [-0.05, 0) is 48.6 Å². The van der Waals surface area contributed by atoms with Crippen molar-refractivity contribution in [1.82, 2.24) is 10.2 Å². The molecule has 1 saturated heterocycles. The van der Waals surface area contributed by atoms with E-state index in [1.807, 2.05) is 42.5 Å². The Hall–Kier alpha value is -2.40. The summed E-state index contributed by atoms with van der Waals surface area (Å²) < 4.78 is 0. The number of aliphatic hydroxyl groups is 1. The predicted molar refractivity (Wildman–Crippen MR) is 114 cm³/mol. The number of aliphatic hydroxyl groups excluding tert-OH is 1. The van der Waals surface area contributed by atoms with Gasteiger partial charge in [0.05, 0.1) is 6.04 Å². The Morgan fingerprint density at radius 2 is 1.66 bits per heavy atom. The Balaban J connectivity index is 1.45. The zero-order chi connectivity index (χ0) is 20.2. The number of nitrogens with one attached hydrogen (secondary N) is 1. The molecule has 0 spiro atoms. The van der Waals surface area contributed by atoms with Crippen molar-refractivity contribution in [2.24, 2.45) is 0 Å². The van der Waals surface area contributed by atoms with Crippen molar-refractivity contribution in [3.05, 3.63) is 48.0 Å². The first kappa shape index (κ1) is 19.9. The molecule has 5 heteroatoms. The van der Waals surface area contributed by atoms with Crippen molar-refractivity contribution in [3.8, 4) is 0 Å². The van der Waals surface area contributed by atoms with Crippen LogP contribution in [0.4, 0.5) is 0 Å². The molecule has 0 radical (unpaired) electrons. The lowest BCUT2D eigenvalue weighted by Gasteiger charge is -2.29. The molecule has 2 aromatic carbocycles. The molecule has 1 aliphatic carbocycles. The van der Waals surface area contributed by atoms with Crippen LogP contribution in [0.25, 0.3) is 10.8 Å². The van der Waals surface area contributed by atoms with Crippen LogP contribution in [0.5, 0.6) is 0 Å². The molecule has 1 heterocycles. The van der Waals surface area contributed by atoms with Crippen LogP contribution in [0.2, 0.25) is 0 Å². The number of fused-ring (bicyclic) bond motifs is 1. The minimum Gasteiger partial charge on any atom is -0.381 e. The van der Waals surface area contributed by atoms with Crippen LogP contribution < -0.4 is 5.32 Å². The molecular weight excluding hydrogens is 364 g/mol. The summed E-state index contributed by atoms with van der Waals surface area (Å²) in [5.74, 6) is -0.445. The monoisotopic (exact) mass is 394 g/mol. The van der Waals surface area contributed by atoms with Crippen LogP contribution >= 0.6 is 0 Å². The smallest absolute Gasteiger partial charge is 0.254 e. The van der Waals surface area contributed by atoms with Gasteiger partial charge in [0.15, 0.2) is 6.10 Å². The summed E-state index contributed by atoms with van der Waals surface area (Å²) in [5, 5.41) is 15.9. The second-order valence-electron chi connectivity index (χ2n) is 8.41. The standard InChI is InChI=1S/C24H30N2O3/c27-22(23(28)25-20-10-3-1-2-4-11-20)21-12-7-15-26(21)24(29)19-14-13-17-8-5-6-9-18(17)16-19/h5-6,8-9,13-14,16,20-22,27H,1-4,7,10-12,15H2,(H,25,28). The Labute approximate surface area is 172 Å². The summed E-state index contributed by atoms with van der Waals surface area (Å²) >= 11 is 0. The van der Waals surface area contributed by atoms with E-state index in [0.29, 0.717) is 18.5 Å². The minimum absolute atomic E-state index is 0.112. The highest BCUT2D eigenvalue weighted by molar-refractivity contribution is 5.99. The predicted octanol–water partition coefficient (Wildman–Crippen LogP) is 3.64. The van der Waals surface area contributed by atoms with Gasteiger partial charge in [-0.25, -0.2) is 0 Å². The van der Waals surface area contributed by atoms with Crippen molar-refractivity contribution in [2.75, 3.05) is 6.54 Å². The average Bonchev–Trinajstić information content (AvgIpc) is 3.10. The fourth-order valence-corrected chi connectivity index (χ4v) is 4.75. The van der Waals surface area contributed by atoms with Crippen molar-refractivity contribution in [2.45, 2.75) is 69.6 Å². The second kappa shape index (κ2) is 8.95. The first-order valence-electron chi connectivity index (χ1n) is 10.9. The normalized spacial score (nSPS) is 21.7. The Morgan fingerprint density at radius 3 is 2.41 bits per heavy atom. The lowest BCUT2D eigenvalue weighted by molar-refractivity contribution is -0.132. The number of hydrogen-bond donors (Lipinski definition) is 2. The molecule has 2 fully saturated rings. The van der Waals surface area contributed by atoms with Gasteiger partial charge in [-0.1, -0.05) is 56.0 Å². The quantitative estimate of drug-likeness (QED) is 0.778. The van der Waals surface area contributed by atoms with Crippen LogP contribution in [0.15, 0.2) is 42.5 Å². The fourth-order valence-electron chi connectivity index (χ4n) is 4.75. The highest BCUT2D eigenvalue weighted by Crippen LogP contribution is 2.25. The third-order valence-electron chi connectivity index (χ3n) is 6.39. The molecule has 2 amide bonds. The van der Waals surface area contributed by atoms with Gasteiger partial charge in [-0.15, -0.1) is 0 Å². The molecule has 0 bridgehead atoms. The summed E-state index contributed by atoms with van der Waals surface area (Å²) in [4.78, 5) is 27.5. The molecule has 2 unspecified atom stereocenters. The number of nitrogens with zero attached hydrogens (tertiary/aromatic N) is 1. The van der Waals surface area contributed by atoms with Crippen molar-refractivity contribution in [3.63, 3.8) is 0 Å². The van der Waals surface area contributed by atoms with Crippen molar-refractivity contribution < 1.29 is 14.7 Å². The van der Waals surface area contributed by atoms with Gasteiger partial charge < -0.3 is 15.3 Å². The van der Waals surface area contributed by atoms with E-state index in [9.17, 15) is 14.7 Å². The van der Waals surface area contributed by atoms with Crippen LogP contribution in [0, 0.1) is 0 Å². The lowest BCUT2D eigenvalue weighted by atomic mass is 10.0. The third kappa shape index (κ3) is 4.45. The number of carbonyl (C=O) groups is 2. The van der Waals surface area contributed by atoms with Gasteiger partial charge in [0.25, 0.3) is 11.8 Å². The molecule has 2 atom stereocenters. The largest absolute Gasteiger partial charge is 0.381 e. The molecule has 2 N–H and O–H groups in total. The topological polar surface area (TPSA) is 69.6 Å². The summed E-state index contributed by atoms with van der Waals surface area (Å²) in [5.41, 5.74) is 0.604. The second-order valence-corrected chi connectivity index (χ2v) is 8.41. The molecule has 1 aliphatic heterocycles. The molecule has 2 aliphatic rings. The van der Waals surface area contributed by atoms with Crippen LogP contribution in [-0.4, -0.2) is 46.6 Å². The molecule has 29 heavy (non-hydrogen) atoms. The van der Waals surface area contributed by atoms with Crippen molar-refractivity contribution in [1.29, 1.82) is 0 Å². The first-order chi connectivity index (χ1) is 14.1. The van der Waals surface area contributed by atoms with Gasteiger partial charge in [-0.3, -0.25) is 9.59 Å². The van der Waals surface area contributed by atoms with E-state index < -0.39 is 12.1 Å². The number of likely N-dealkylation sites (tertiary alicyclic amines) is 1. The Kier molecular flexibility index (Phi) is 6.14. The Morgan fingerprint density at radius 1 is 0.931 bits per heavy atom. The molecule has 5 nitrogen and oxygen atoms in total. The maximum atomic E-state index is 13.1. The minimum atomic E-state index is -1.18. The van der Waals surface area contributed by atoms with Crippen LogP contribution in [0.3, 0.4) is 0 Å². The van der Waals surface area contributed by atoms with E-state index in [1.54, 1.807) is 4.90 Å². The van der Waals surface area contributed by atoms with E-state index in [-0.39, 0.29) is 17.9 Å². The summed E-state index contributed by atoms with van der Waals surface area (Å²) in [6.07, 6.45) is 6.90. The van der Waals surface area contributed by atoms with E-state index in [2.05, 4.69) is 5.32 Å². The molecule has 154 valence electrons. The number of hydrogen-bond acceptors (Lipinski definition) is 3. The maximum absolute atomic E-state index is 13.1. The molecule has 0 aromatic heterocycles. The van der Waals surface area contributed by atoms with Crippen LogP contribution in [0.1, 0.15) is 61.7 Å².